The van der Waals surface area contributed by atoms with E-state index in [1.165, 1.54) is 6.08 Å². The number of fused-ring (bicyclic) bond motifs is 2. The number of benzene rings is 2. The Hall–Kier alpha value is -2.99. The monoisotopic (exact) mass is 383 g/mol. The molecule has 1 N–H and O–H groups in total. The van der Waals surface area contributed by atoms with Gasteiger partial charge in [-0.2, -0.15) is 0 Å². The van der Waals surface area contributed by atoms with Gasteiger partial charge in [0.2, 0.25) is 12.7 Å². The minimum Gasteiger partial charge on any atom is -0.454 e. The zero-order valence-electron chi connectivity index (χ0n) is 14.7. The molecule has 0 unspecified atom stereocenters. The molecule has 6 nitrogen and oxygen atoms in total. The van der Waals surface area contributed by atoms with Gasteiger partial charge in [0.1, 0.15) is 5.82 Å². The quantitative estimate of drug-likeness (QED) is 0.684. The molecule has 2 heterocycles. The van der Waals surface area contributed by atoms with Gasteiger partial charge in [-0.3, -0.25) is 4.79 Å². The standard InChI is InChI=1S/C20H18ClN3O3/c1-13-23-16-4-2-3-5-17(16)24(13)9-8-22-19(25)7-6-14-10-15(21)20-18(11-14)26-12-27-20/h2-7,10-11H,8-9,12H2,1H3,(H,22,25)/b7-6-. The molecule has 0 bridgehead atoms. The summed E-state index contributed by atoms with van der Waals surface area (Å²) in [6, 6.07) is 11.5. The van der Waals surface area contributed by atoms with Crippen LogP contribution in [0, 0.1) is 6.92 Å². The second-order valence-corrected chi connectivity index (χ2v) is 6.57. The minimum atomic E-state index is -0.175. The van der Waals surface area contributed by atoms with Crippen molar-refractivity contribution in [3.63, 3.8) is 0 Å². The van der Waals surface area contributed by atoms with Crippen molar-refractivity contribution in [3.05, 3.63) is 58.9 Å². The number of para-hydroxylation sites is 2. The van der Waals surface area contributed by atoms with Crippen LogP contribution in [0.15, 0.2) is 42.5 Å². The van der Waals surface area contributed by atoms with Crippen molar-refractivity contribution >= 4 is 34.6 Å². The Morgan fingerprint density at radius 2 is 2.19 bits per heavy atom. The smallest absolute Gasteiger partial charge is 0.244 e. The number of carbonyl (C=O) groups is 1. The van der Waals surface area contributed by atoms with Gasteiger partial charge in [0.25, 0.3) is 0 Å². The molecule has 1 amide bonds. The van der Waals surface area contributed by atoms with Crippen molar-refractivity contribution in [2.75, 3.05) is 13.3 Å². The summed E-state index contributed by atoms with van der Waals surface area (Å²) in [5.74, 6) is 1.88. The Kier molecular flexibility index (Phi) is 4.73. The first-order valence-electron chi connectivity index (χ1n) is 8.59. The number of amides is 1. The van der Waals surface area contributed by atoms with Gasteiger partial charge in [-0.1, -0.05) is 23.7 Å². The number of nitrogens with zero attached hydrogens (tertiary/aromatic N) is 2. The number of hydrogen-bond donors (Lipinski definition) is 1. The van der Waals surface area contributed by atoms with Crippen LogP contribution in [0.4, 0.5) is 0 Å². The summed E-state index contributed by atoms with van der Waals surface area (Å²) < 4.78 is 12.7. The lowest BCUT2D eigenvalue weighted by atomic mass is 10.2. The third-order valence-corrected chi connectivity index (χ3v) is 4.64. The van der Waals surface area contributed by atoms with Gasteiger partial charge in [0.15, 0.2) is 11.5 Å². The summed E-state index contributed by atoms with van der Waals surface area (Å²) in [5, 5.41) is 3.35. The number of aromatic nitrogens is 2. The third-order valence-electron chi connectivity index (χ3n) is 4.36. The van der Waals surface area contributed by atoms with Gasteiger partial charge in [0.05, 0.1) is 16.1 Å². The van der Waals surface area contributed by atoms with Crippen molar-refractivity contribution in [1.29, 1.82) is 0 Å². The van der Waals surface area contributed by atoms with E-state index in [-0.39, 0.29) is 12.7 Å². The maximum absolute atomic E-state index is 12.1. The molecule has 1 aromatic heterocycles. The lowest BCUT2D eigenvalue weighted by Gasteiger charge is -2.07. The van der Waals surface area contributed by atoms with Gasteiger partial charge in [-0.15, -0.1) is 0 Å². The van der Waals surface area contributed by atoms with Crippen LogP contribution >= 0.6 is 11.6 Å². The lowest BCUT2D eigenvalue weighted by Crippen LogP contribution is -2.25. The summed E-state index contributed by atoms with van der Waals surface area (Å²) in [6.07, 6.45) is 3.17. The molecule has 4 rings (SSSR count). The van der Waals surface area contributed by atoms with Crippen LogP contribution in [-0.4, -0.2) is 28.8 Å². The van der Waals surface area contributed by atoms with E-state index in [0.717, 1.165) is 22.4 Å². The number of nitrogens with one attached hydrogen (secondary N) is 1. The molecule has 0 fully saturated rings. The van der Waals surface area contributed by atoms with Gasteiger partial charge in [-0.05, 0) is 42.8 Å². The van der Waals surface area contributed by atoms with Crippen LogP contribution in [0.2, 0.25) is 5.02 Å². The number of carbonyl (C=O) groups excluding carboxylic acids is 1. The molecule has 27 heavy (non-hydrogen) atoms. The maximum Gasteiger partial charge on any atom is 0.244 e. The first-order chi connectivity index (χ1) is 13.1. The maximum atomic E-state index is 12.1. The van der Waals surface area contributed by atoms with E-state index in [1.807, 2.05) is 31.2 Å². The molecule has 2 aromatic carbocycles. The summed E-state index contributed by atoms with van der Waals surface area (Å²) in [4.78, 5) is 16.6. The Bertz CT molecular complexity index is 1040. The summed E-state index contributed by atoms with van der Waals surface area (Å²) >= 11 is 6.15. The molecule has 0 spiro atoms. The Labute approximate surface area is 161 Å². The molecule has 7 heteroatoms. The van der Waals surface area contributed by atoms with E-state index in [1.54, 1.807) is 18.2 Å². The Balaban J connectivity index is 1.37. The van der Waals surface area contributed by atoms with Crippen LogP contribution in [0.25, 0.3) is 17.1 Å². The number of aryl methyl sites for hydroxylation is 1. The molecule has 138 valence electrons. The average Bonchev–Trinajstić information content (AvgIpc) is 3.25. The van der Waals surface area contributed by atoms with Crippen molar-refractivity contribution in [1.82, 2.24) is 14.9 Å². The van der Waals surface area contributed by atoms with E-state index in [2.05, 4.69) is 14.9 Å². The largest absolute Gasteiger partial charge is 0.454 e. The molecule has 3 aromatic rings. The number of imidazole rings is 1. The van der Waals surface area contributed by atoms with Crippen molar-refractivity contribution in [2.45, 2.75) is 13.5 Å². The van der Waals surface area contributed by atoms with Gasteiger partial charge < -0.3 is 19.4 Å². The molecule has 0 aliphatic carbocycles. The second-order valence-electron chi connectivity index (χ2n) is 6.16. The van der Waals surface area contributed by atoms with E-state index >= 15 is 0 Å². The fraction of sp³-hybridized carbons (Fsp3) is 0.200. The Morgan fingerprint density at radius 3 is 3.07 bits per heavy atom. The topological polar surface area (TPSA) is 65.4 Å². The minimum absolute atomic E-state index is 0.158. The summed E-state index contributed by atoms with van der Waals surface area (Å²) in [5.41, 5.74) is 2.80. The highest BCUT2D eigenvalue weighted by molar-refractivity contribution is 6.32. The predicted molar refractivity (Wildman–Crippen MR) is 104 cm³/mol. The summed E-state index contributed by atoms with van der Waals surface area (Å²) in [6.45, 7) is 3.28. The SMILES string of the molecule is Cc1nc2ccccc2n1CCNC(=O)/C=C\c1cc(Cl)c2c(c1)OCO2. The highest BCUT2D eigenvalue weighted by atomic mass is 35.5. The predicted octanol–water partition coefficient (Wildman–Crippen LogP) is 3.56. The summed E-state index contributed by atoms with van der Waals surface area (Å²) in [7, 11) is 0. The average molecular weight is 384 g/mol. The molecule has 1 aliphatic rings. The molecule has 0 saturated carbocycles. The first kappa shape index (κ1) is 17.4. The van der Waals surface area contributed by atoms with Crippen LogP contribution in [0.3, 0.4) is 0 Å². The van der Waals surface area contributed by atoms with Crippen LogP contribution in [0.5, 0.6) is 11.5 Å². The fourth-order valence-corrected chi connectivity index (χ4v) is 3.36. The number of ether oxygens (including phenoxy) is 2. The Morgan fingerprint density at radius 1 is 1.33 bits per heavy atom. The van der Waals surface area contributed by atoms with Gasteiger partial charge in [-0.25, -0.2) is 4.98 Å². The number of rotatable bonds is 5. The molecule has 1 aliphatic heterocycles. The molecule has 0 atom stereocenters. The van der Waals surface area contributed by atoms with Crippen molar-refractivity contribution in [3.8, 4) is 11.5 Å². The fourth-order valence-electron chi connectivity index (χ4n) is 3.08. The van der Waals surface area contributed by atoms with Crippen LogP contribution in [0.1, 0.15) is 11.4 Å². The van der Waals surface area contributed by atoms with Gasteiger partial charge >= 0.3 is 0 Å². The lowest BCUT2D eigenvalue weighted by molar-refractivity contribution is -0.116. The number of halogens is 1. The zero-order chi connectivity index (χ0) is 18.8. The highest BCUT2D eigenvalue weighted by Crippen LogP contribution is 2.40. The van der Waals surface area contributed by atoms with Crippen LogP contribution < -0.4 is 14.8 Å². The van der Waals surface area contributed by atoms with Gasteiger partial charge in [0, 0.05) is 19.2 Å². The zero-order valence-corrected chi connectivity index (χ0v) is 15.5. The van der Waals surface area contributed by atoms with E-state index in [0.29, 0.717) is 29.6 Å². The van der Waals surface area contributed by atoms with Crippen molar-refractivity contribution in [2.24, 2.45) is 0 Å². The molecule has 0 saturated heterocycles. The molecular formula is C20H18ClN3O3. The first-order valence-corrected chi connectivity index (χ1v) is 8.96. The van der Waals surface area contributed by atoms with E-state index in [9.17, 15) is 4.79 Å². The second kappa shape index (κ2) is 7.32. The third kappa shape index (κ3) is 3.61. The normalized spacial score (nSPS) is 12.8. The van der Waals surface area contributed by atoms with Crippen molar-refractivity contribution < 1.29 is 14.3 Å². The molecular weight excluding hydrogens is 366 g/mol. The highest BCUT2D eigenvalue weighted by Gasteiger charge is 2.17. The number of hydrogen-bond acceptors (Lipinski definition) is 4. The van der Waals surface area contributed by atoms with Crippen LogP contribution in [-0.2, 0) is 11.3 Å². The van der Waals surface area contributed by atoms with E-state index in [4.69, 9.17) is 21.1 Å². The molecule has 0 radical (unpaired) electrons. The van der Waals surface area contributed by atoms with E-state index < -0.39 is 0 Å².